The Labute approximate surface area is 127 Å². The topological polar surface area (TPSA) is 9.23 Å². The fraction of sp³-hybridized carbons (Fsp3) is 0.143. The molecule has 0 aliphatic rings. The third kappa shape index (κ3) is 2.94. The summed E-state index contributed by atoms with van der Waals surface area (Å²) in [6, 6.07) is 6.84. The molecule has 2 aromatic rings. The highest BCUT2D eigenvalue weighted by atomic mass is 79.9. The normalized spacial score (nSPS) is 12.3. The van der Waals surface area contributed by atoms with Crippen LogP contribution in [0.5, 0.6) is 5.75 Å². The quantitative estimate of drug-likeness (QED) is 0.536. The van der Waals surface area contributed by atoms with Gasteiger partial charge in [0.05, 0.1) is 12.5 Å². The van der Waals surface area contributed by atoms with Crippen LogP contribution in [0.2, 0.25) is 0 Å². The molecule has 0 amide bonds. The number of rotatable bonds is 3. The standard InChI is InChI=1S/C14H9BrClF3O/c1-20-12-3-2-8(15)6-9(12)13(16)7-4-10(17)14(19)11(18)5-7/h2-6,13H,1H3. The molecule has 20 heavy (non-hydrogen) atoms. The minimum absolute atomic E-state index is 0.111. The number of alkyl halides is 1. The van der Waals surface area contributed by atoms with Gasteiger partial charge in [-0.25, -0.2) is 13.2 Å². The Hall–Kier alpha value is -1.20. The molecule has 0 saturated carbocycles. The Bertz CT molecular complexity index is 625. The van der Waals surface area contributed by atoms with Crippen molar-refractivity contribution in [1.82, 2.24) is 0 Å². The molecule has 0 aromatic heterocycles. The Kier molecular flexibility index (Phi) is 4.60. The van der Waals surface area contributed by atoms with Gasteiger partial charge in [0, 0.05) is 10.0 Å². The molecule has 2 aromatic carbocycles. The van der Waals surface area contributed by atoms with Crippen LogP contribution in [0.1, 0.15) is 16.5 Å². The second-order valence-electron chi connectivity index (χ2n) is 4.05. The van der Waals surface area contributed by atoms with Crippen molar-refractivity contribution < 1.29 is 17.9 Å². The largest absolute Gasteiger partial charge is 0.496 e. The maximum absolute atomic E-state index is 13.3. The average molecular weight is 366 g/mol. The van der Waals surface area contributed by atoms with Crippen molar-refractivity contribution in [3.63, 3.8) is 0 Å². The van der Waals surface area contributed by atoms with E-state index >= 15 is 0 Å². The molecule has 1 nitrogen and oxygen atoms in total. The molecule has 0 spiro atoms. The van der Waals surface area contributed by atoms with Crippen LogP contribution in [-0.4, -0.2) is 7.11 Å². The van der Waals surface area contributed by atoms with Crippen molar-refractivity contribution in [2.45, 2.75) is 5.38 Å². The van der Waals surface area contributed by atoms with Crippen LogP contribution in [0, 0.1) is 17.5 Å². The van der Waals surface area contributed by atoms with Gasteiger partial charge >= 0.3 is 0 Å². The van der Waals surface area contributed by atoms with Crippen molar-refractivity contribution >= 4 is 27.5 Å². The van der Waals surface area contributed by atoms with E-state index in [-0.39, 0.29) is 5.56 Å². The lowest BCUT2D eigenvalue weighted by atomic mass is 10.0. The van der Waals surface area contributed by atoms with Crippen molar-refractivity contribution in [1.29, 1.82) is 0 Å². The van der Waals surface area contributed by atoms with E-state index in [2.05, 4.69) is 15.9 Å². The predicted octanol–water partition coefficient (Wildman–Crippen LogP) is 5.20. The molecule has 0 radical (unpaired) electrons. The summed E-state index contributed by atoms with van der Waals surface area (Å²) >= 11 is 9.51. The van der Waals surface area contributed by atoms with Crippen molar-refractivity contribution in [3.05, 3.63) is 63.4 Å². The van der Waals surface area contributed by atoms with Crippen LogP contribution >= 0.6 is 27.5 Å². The maximum Gasteiger partial charge on any atom is 0.194 e. The molecule has 0 heterocycles. The van der Waals surface area contributed by atoms with Crippen LogP contribution in [0.15, 0.2) is 34.8 Å². The zero-order valence-corrected chi connectivity index (χ0v) is 12.6. The van der Waals surface area contributed by atoms with Crippen molar-refractivity contribution in [2.24, 2.45) is 0 Å². The van der Waals surface area contributed by atoms with Crippen LogP contribution in [-0.2, 0) is 0 Å². The van der Waals surface area contributed by atoms with Gasteiger partial charge in [-0.15, -0.1) is 11.6 Å². The molecule has 1 atom stereocenters. The molecule has 6 heteroatoms. The number of benzene rings is 2. The van der Waals surface area contributed by atoms with E-state index in [4.69, 9.17) is 16.3 Å². The van der Waals surface area contributed by atoms with E-state index in [1.54, 1.807) is 18.2 Å². The predicted molar refractivity (Wildman–Crippen MR) is 74.7 cm³/mol. The van der Waals surface area contributed by atoms with Gasteiger partial charge in [-0.1, -0.05) is 15.9 Å². The Morgan fingerprint density at radius 2 is 1.70 bits per heavy atom. The minimum atomic E-state index is -1.51. The molecule has 1 unspecified atom stereocenters. The second-order valence-corrected chi connectivity index (χ2v) is 5.40. The molecule has 0 aliphatic carbocycles. The van der Waals surface area contributed by atoms with Gasteiger partial charge in [0.1, 0.15) is 5.75 Å². The molecule has 106 valence electrons. The molecule has 0 bridgehead atoms. The molecule has 0 saturated heterocycles. The number of halogens is 5. The van der Waals surface area contributed by atoms with Crippen LogP contribution in [0.4, 0.5) is 13.2 Å². The van der Waals surface area contributed by atoms with Crippen LogP contribution < -0.4 is 4.74 Å². The van der Waals surface area contributed by atoms with Crippen LogP contribution in [0.25, 0.3) is 0 Å². The van der Waals surface area contributed by atoms with Crippen molar-refractivity contribution in [2.75, 3.05) is 7.11 Å². The van der Waals surface area contributed by atoms with E-state index in [1.807, 2.05) is 0 Å². The van der Waals surface area contributed by atoms with E-state index < -0.39 is 22.8 Å². The summed E-state index contributed by atoms with van der Waals surface area (Å²) < 4.78 is 45.4. The minimum Gasteiger partial charge on any atom is -0.496 e. The summed E-state index contributed by atoms with van der Waals surface area (Å²) in [5, 5.41) is -0.868. The summed E-state index contributed by atoms with van der Waals surface area (Å²) in [5.41, 5.74) is 0.633. The zero-order valence-electron chi connectivity index (χ0n) is 10.3. The first-order valence-electron chi connectivity index (χ1n) is 5.56. The summed E-state index contributed by atoms with van der Waals surface area (Å²) in [6.07, 6.45) is 0. The lowest BCUT2D eigenvalue weighted by Crippen LogP contribution is -2.01. The van der Waals surface area contributed by atoms with Gasteiger partial charge in [0.25, 0.3) is 0 Å². The number of hydrogen-bond acceptors (Lipinski definition) is 1. The highest BCUT2D eigenvalue weighted by Gasteiger charge is 2.20. The molecule has 0 N–H and O–H groups in total. The Morgan fingerprint density at radius 3 is 2.25 bits per heavy atom. The summed E-state index contributed by atoms with van der Waals surface area (Å²) in [6.45, 7) is 0. The van der Waals surface area contributed by atoms with Crippen molar-refractivity contribution in [3.8, 4) is 5.75 Å². The van der Waals surface area contributed by atoms with E-state index in [0.717, 1.165) is 16.6 Å². The third-order valence-corrected chi connectivity index (χ3v) is 3.74. The van der Waals surface area contributed by atoms with Gasteiger partial charge in [-0.05, 0) is 35.9 Å². The average Bonchev–Trinajstić information content (AvgIpc) is 2.43. The third-order valence-electron chi connectivity index (χ3n) is 2.76. The maximum atomic E-state index is 13.3. The first kappa shape index (κ1) is 15.2. The van der Waals surface area contributed by atoms with Gasteiger partial charge in [0.15, 0.2) is 17.5 Å². The summed E-state index contributed by atoms with van der Waals surface area (Å²) in [4.78, 5) is 0. The zero-order chi connectivity index (χ0) is 14.9. The number of hydrogen-bond donors (Lipinski definition) is 0. The monoisotopic (exact) mass is 364 g/mol. The van der Waals surface area contributed by atoms with Gasteiger partial charge in [-0.3, -0.25) is 0 Å². The number of ether oxygens (including phenoxy) is 1. The fourth-order valence-corrected chi connectivity index (χ4v) is 2.48. The highest BCUT2D eigenvalue weighted by Crippen LogP contribution is 2.37. The molecule has 2 rings (SSSR count). The Balaban J connectivity index is 2.51. The van der Waals surface area contributed by atoms with E-state index in [9.17, 15) is 13.2 Å². The highest BCUT2D eigenvalue weighted by molar-refractivity contribution is 9.10. The summed E-state index contributed by atoms with van der Waals surface area (Å²) in [5.74, 6) is -3.60. The summed E-state index contributed by atoms with van der Waals surface area (Å²) in [7, 11) is 1.46. The Morgan fingerprint density at radius 1 is 1.10 bits per heavy atom. The first-order valence-corrected chi connectivity index (χ1v) is 6.79. The first-order chi connectivity index (χ1) is 9.43. The lowest BCUT2D eigenvalue weighted by Gasteiger charge is -2.15. The SMILES string of the molecule is COc1ccc(Br)cc1C(Cl)c1cc(F)c(F)c(F)c1. The number of methoxy groups -OCH3 is 1. The smallest absolute Gasteiger partial charge is 0.194 e. The fourth-order valence-electron chi connectivity index (χ4n) is 1.80. The van der Waals surface area contributed by atoms with Gasteiger partial charge in [0.2, 0.25) is 0 Å². The molecular weight excluding hydrogens is 357 g/mol. The molecule has 0 fully saturated rings. The van der Waals surface area contributed by atoms with Gasteiger partial charge < -0.3 is 4.74 Å². The molecular formula is C14H9BrClF3O. The van der Waals surface area contributed by atoms with Gasteiger partial charge in [-0.2, -0.15) is 0 Å². The van der Waals surface area contributed by atoms with E-state index in [0.29, 0.717) is 11.3 Å². The molecule has 0 aliphatic heterocycles. The van der Waals surface area contributed by atoms with E-state index in [1.165, 1.54) is 7.11 Å². The lowest BCUT2D eigenvalue weighted by molar-refractivity contribution is 0.409. The second kappa shape index (κ2) is 6.06. The van der Waals surface area contributed by atoms with Crippen LogP contribution in [0.3, 0.4) is 0 Å².